The second-order valence-corrected chi connectivity index (χ2v) is 13.2. The predicted octanol–water partition coefficient (Wildman–Crippen LogP) is 6.53. The first-order valence-electron chi connectivity index (χ1n) is 15.0. The number of amides is 2. The molecule has 2 aliphatic rings. The van der Waals surface area contributed by atoms with E-state index in [-0.39, 0.29) is 36.5 Å². The van der Waals surface area contributed by atoms with E-state index in [0.717, 1.165) is 81.8 Å². The number of nitrogens with one attached hydrogen (secondary N) is 2. The highest BCUT2D eigenvalue weighted by Gasteiger charge is 2.30. The standard InChI is InChI=1S/C33H39N5O4S2/c1-21-14-15-34-31(43-30(21)35-28(39)18-22-8-6-12-26(16-22)41-2)24-10-4-5-11-25(20-24)32-37-38-33(44-32)36-29(40)19-23-9-7-13-27(17-23)42-3/h6-9,12-13,16-17,24-25H,4-5,10-11,14-15,18-20H2,1-3H3,(H,35,39)(H,36,38,40). The molecule has 9 nitrogen and oxygen atoms in total. The zero-order valence-electron chi connectivity index (χ0n) is 25.4. The van der Waals surface area contributed by atoms with Crippen LogP contribution >= 0.6 is 23.1 Å². The van der Waals surface area contributed by atoms with Crippen molar-refractivity contribution in [2.24, 2.45) is 10.9 Å². The van der Waals surface area contributed by atoms with Gasteiger partial charge >= 0.3 is 0 Å². The van der Waals surface area contributed by atoms with Crippen LogP contribution in [0.3, 0.4) is 0 Å². The lowest BCUT2D eigenvalue weighted by molar-refractivity contribution is -0.119. The Hall–Kier alpha value is -3.70. The predicted molar refractivity (Wildman–Crippen MR) is 177 cm³/mol. The number of aliphatic imine (C=N–C) groups is 1. The van der Waals surface area contributed by atoms with Crippen molar-refractivity contribution in [3.8, 4) is 11.5 Å². The van der Waals surface area contributed by atoms with E-state index in [4.69, 9.17) is 14.5 Å². The van der Waals surface area contributed by atoms with Gasteiger partial charge in [-0.1, -0.05) is 60.2 Å². The monoisotopic (exact) mass is 633 g/mol. The van der Waals surface area contributed by atoms with Crippen molar-refractivity contribution in [1.29, 1.82) is 0 Å². The molecule has 5 rings (SSSR count). The molecule has 1 aromatic heterocycles. The number of hydrogen-bond donors (Lipinski definition) is 2. The smallest absolute Gasteiger partial charge is 0.230 e. The number of benzene rings is 2. The van der Waals surface area contributed by atoms with Crippen LogP contribution in [0.5, 0.6) is 11.5 Å². The van der Waals surface area contributed by atoms with Crippen LogP contribution in [0.4, 0.5) is 5.13 Å². The maximum Gasteiger partial charge on any atom is 0.230 e. The van der Waals surface area contributed by atoms with Gasteiger partial charge in [-0.3, -0.25) is 14.6 Å². The van der Waals surface area contributed by atoms with Gasteiger partial charge < -0.3 is 20.1 Å². The van der Waals surface area contributed by atoms with E-state index in [1.54, 1.807) is 26.0 Å². The summed E-state index contributed by atoms with van der Waals surface area (Å²) in [5.74, 6) is 1.80. The van der Waals surface area contributed by atoms with E-state index < -0.39 is 0 Å². The Morgan fingerprint density at radius 2 is 1.52 bits per heavy atom. The summed E-state index contributed by atoms with van der Waals surface area (Å²) in [6, 6.07) is 15.1. The Morgan fingerprint density at radius 1 is 0.886 bits per heavy atom. The molecule has 2 heterocycles. The summed E-state index contributed by atoms with van der Waals surface area (Å²) in [5.41, 5.74) is 2.93. The van der Waals surface area contributed by atoms with Gasteiger partial charge in [-0.25, -0.2) is 0 Å². The highest BCUT2D eigenvalue weighted by atomic mass is 32.2. The molecule has 2 aromatic carbocycles. The molecular formula is C33H39N5O4S2. The minimum atomic E-state index is -0.132. The first-order valence-corrected chi connectivity index (χ1v) is 16.6. The van der Waals surface area contributed by atoms with Crippen LogP contribution in [0.25, 0.3) is 0 Å². The molecule has 2 amide bonds. The quantitative estimate of drug-likeness (QED) is 0.244. The number of carbonyl (C=O) groups is 2. The van der Waals surface area contributed by atoms with E-state index >= 15 is 0 Å². The largest absolute Gasteiger partial charge is 0.497 e. The number of anilines is 1. The summed E-state index contributed by atoms with van der Waals surface area (Å²) in [6.07, 6.45) is 6.55. The normalized spacial score (nSPS) is 18.9. The van der Waals surface area contributed by atoms with Crippen molar-refractivity contribution in [3.05, 3.63) is 75.3 Å². The molecular weight excluding hydrogens is 595 g/mol. The molecule has 0 saturated heterocycles. The molecule has 1 aliphatic carbocycles. The Kier molecular flexibility index (Phi) is 11.1. The molecule has 232 valence electrons. The lowest BCUT2D eigenvalue weighted by atomic mass is 9.94. The van der Waals surface area contributed by atoms with E-state index in [1.807, 2.05) is 48.5 Å². The molecule has 2 N–H and O–H groups in total. The van der Waals surface area contributed by atoms with Crippen LogP contribution in [-0.4, -0.2) is 47.8 Å². The molecule has 1 fully saturated rings. The van der Waals surface area contributed by atoms with E-state index in [9.17, 15) is 9.59 Å². The van der Waals surface area contributed by atoms with Gasteiger partial charge in [0.2, 0.25) is 16.9 Å². The average molecular weight is 634 g/mol. The second-order valence-electron chi connectivity index (χ2n) is 11.2. The van der Waals surface area contributed by atoms with Crippen molar-refractivity contribution >= 4 is 45.1 Å². The van der Waals surface area contributed by atoms with Gasteiger partial charge in [0.25, 0.3) is 0 Å². The summed E-state index contributed by atoms with van der Waals surface area (Å²) in [5, 5.41) is 18.4. The fraction of sp³-hybridized carbons (Fsp3) is 0.424. The number of carbonyl (C=O) groups excluding carboxylic acids is 2. The zero-order valence-corrected chi connectivity index (χ0v) is 27.1. The van der Waals surface area contributed by atoms with Crippen molar-refractivity contribution in [3.63, 3.8) is 0 Å². The van der Waals surface area contributed by atoms with Crippen LogP contribution in [0, 0.1) is 5.92 Å². The molecule has 0 spiro atoms. The topological polar surface area (TPSA) is 115 Å². The molecule has 0 radical (unpaired) electrons. The third kappa shape index (κ3) is 8.69. The maximum absolute atomic E-state index is 13.0. The third-order valence-corrected chi connectivity index (χ3v) is 10.2. The summed E-state index contributed by atoms with van der Waals surface area (Å²) in [7, 11) is 3.24. The molecule has 1 saturated carbocycles. The molecule has 1 aliphatic heterocycles. The van der Waals surface area contributed by atoms with Crippen molar-refractivity contribution < 1.29 is 19.1 Å². The van der Waals surface area contributed by atoms with Crippen LogP contribution < -0.4 is 20.1 Å². The maximum atomic E-state index is 13.0. The van der Waals surface area contributed by atoms with Gasteiger partial charge in [-0.2, -0.15) is 0 Å². The van der Waals surface area contributed by atoms with Crippen LogP contribution in [-0.2, 0) is 22.4 Å². The number of rotatable bonds is 10. The number of hydrogen-bond acceptors (Lipinski definition) is 9. The lowest BCUT2D eigenvalue weighted by Crippen LogP contribution is -2.25. The fourth-order valence-corrected chi connectivity index (χ4v) is 7.64. The summed E-state index contributed by atoms with van der Waals surface area (Å²) < 4.78 is 10.6. The van der Waals surface area contributed by atoms with Gasteiger partial charge in [0.1, 0.15) is 16.5 Å². The Morgan fingerprint density at radius 3 is 2.18 bits per heavy atom. The molecule has 11 heteroatoms. The van der Waals surface area contributed by atoms with Crippen LogP contribution in [0.15, 0.2) is 64.1 Å². The Labute approximate surface area is 266 Å². The number of methoxy groups -OCH3 is 2. The lowest BCUT2D eigenvalue weighted by Gasteiger charge is -2.21. The summed E-state index contributed by atoms with van der Waals surface area (Å²) >= 11 is 3.07. The van der Waals surface area contributed by atoms with Gasteiger partial charge in [-0.15, -0.1) is 10.2 Å². The highest BCUT2D eigenvalue weighted by molar-refractivity contribution is 8.17. The highest BCUT2D eigenvalue weighted by Crippen LogP contribution is 2.41. The van der Waals surface area contributed by atoms with Gasteiger partial charge in [0.05, 0.1) is 37.1 Å². The van der Waals surface area contributed by atoms with E-state index in [0.29, 0.717) is 11.7 Å². The molecule has 44 heavy (non-hydrogen) atoms. The van der Waals surface area contributed by atoms with Crippen molar-refractivity contribution in [2.75, 3.05) is 26.1 Å². The minimum absolute atomic E-state index is 0.0464. The van der Waals surface area contributed by atoms with Crippen molar-refractivity contribution in [2.45, 2.75) is 64.2 Å². The van der Waals surface area contributed by atoms with Crippen molar-refractivity contribution in [1.82, 2.24) is 15.5 Å². The Balaban J connectivity index is 1.20. The number of aromatic nitrogens is 2. The molecule has 0 bridgehead atoms. The molecule has 2 atom stereocenters. The number of nitrogens with zero attached hydrogens (tertiary/aromatic N) is 3. The SMILES string of the molecule is COc1cccc(CC(=O)NC2=C(C)CCN=C(C3CCCCC(c4nnc(NC(=O)Cc5cccc(OC)c5)s4)C3)S2)c1. The van der Waals surface area contributed by atoms with E-state index in [2.05, 4.69) is 27.8 Å². The molecule has 3 aromatic rings. The zero-order chi connectivity index (χ0) is 30.9. The summed E-state index contributed by atoms with van der Waals surface area (Å²) in [4.78, 5) is 30.7. The van der Waals surface area contributed by atoms with Gasteiger partial charge in [0, 0.05) is 18.4 Å². The Bertz CT molecular complexity index is 1540. The first kappa shape index (κ1) is 31.7. The second kappa shape index (κ2) is 15.3. The van der Waals surface area contributed by atoms with Gasteiger partial charge in [0.15, 0.2) is 0 Å². The van der Waals surface area contributed by atoms with Gasteiger partial charge in [-0.05, 0) is 73.6 Å². The van der Waals surface area contributed by atoms with E-state index in [1.165, 1.54) is 11.3 Å². The fourth-order valence-electron chi connectivity index (χ4n) is 5.55. The summed E-state index contributed by atoms with van der Waals surface area (Å²) in [6.45, 7) is 2.79. The average Bonchev–Trinajstić information content (AvgIpc) is 3.23. The van der Waals surface area contributed by atoms with Crippen LogP contribution in [0.1, 0.15) is 67.5 Å². The minimum Gasteiger partial charge on any atom is -0.497 e. The first-order chi connectivity index (χ1) is 21.4. The molecule has 2 unspecified atom stereocenters. The number of ether oxygens (including phenoxy) is 2. The number of thioether (sulfide) groups is 1. The van der Waals surface area contributed by atoms with Crippen LogP contribution in [0.2, 0.25) is 0 Å². The third-order valence-electron chi connectivity index (χ3n) is 7.91.